The number of aliphatic imine (C=N–C) groups is 1. The molecule has 0 atom stereocenters. The first kappa shape index (κ1) is 13.4. The van der Waals surface area contributed by atoms with E-state index in [1.165, 1.54) is 21.7 Å². The Morgan fingerprint density at radius 2 is 1.79 bits per heavy atom. The van der Waals surface area contributed by atoms with Crippen molar-refractivity contribution in [3.8, 4) is 0 Å². The molecule has 5 rings (SSSR count). The van der Waals surface area contributed by atoms with E-state index in [-0.39, 0.29) is 0 Å². The molecule has 3 nitrogen and oxygen atoms in total. The highest BCUT2D eigenvalue weighted by Gasteiger charge is 2.18. The number of para-hydroxylation sites is 1. The van der Waals surface area contributed by atoms with Gasteiger partial charge in [0.1, 0.15) is 5.84 Å². The van der Waals surface area contributed by atoms with Gasteiger partial charge >= 0.3 is 0 Å². The number of aryl methyl sites for hydroxylation is 1. The van der Waals surface area contributed by atoms with E-state index in [4.69, 9.17) is 4.99 Å². The molecule has 1 aromatic heterocycles. The van der Waals surface area contributed by atoms with Crippen molar-refractivity contribution in [2.24, 2.45) is 4.99 Å². The number of hydrogen-bond acceptors (Lipinski definition) is 2. The van der Waals surface area contributed by atoms with Gasteiger partial charge in [0.05, 0.1) is 5.69 Å². The maximum absolute atomic E-state index is 4.92. The molecule has 0 aliphatic carbocycles. The van der Waals surface area contributed by atoms with Crippen molar-refractivity contribution < 1.29 is 0 Å². The summed E-state index contributed by atoms with van der Waals surface area (Å²) in [6, 6.07) is 21.2. The summed E-state index contributed by atoms with van der Waals surface area (Å²) in [4.78, 5) is 4.92. The molecule has 4 aromatic rings. The van der Waals surface area contributed by atoms with Gasteiger partial charge in [-0.2, -0.15) is 0 Å². The summed E-state index contributed by atoms with van der Waals surface area (Å²) in [7, 11) is 0. The summed E-state index contributed by atoms with van der Waals surface area (Å²) in [6.45, 7) is 3.11. The Balaban J connectivity index is 1.77. The fourth-order valence-electron chi connectivity index (χ4n) is 3.62. The Labute approximate surface area is 140 Å². The lowest BCUT2D eigenvalue weighted by atomic mass is 10.0. The first-order chi connectivity index (χ1) is 11.8. The van der Waals surface area contributed by atoms with Crippen LogP contribution in [0.2, 0.25) is 0 Å². The predicted octanol–water partition coefficient (Wildman–Crippen LogP) is 5.32. The number of nitrogens with zero attached hydrogens (tertiary/aromatic N) is 2. The third kappa shape index (κ3) is 1.81. The number of amidine groups is 1. The van der Waals surface area contributed by atoms with E-state index in [0.29, 0.717) is 0 Å². The molecule has 0 amide bonds. The molecule has 0 unspecified atom stereocenters. The van der Waals surface area contributed by atoms with E-state index >= 15 is 0 Å². The maximum atomic E-state index is 4.92. The SMILES string of the molecule is CCn1cc(C2=Nc3cccc4cccc(c34)N2)c2ccccc21. The number of anilines is 1. The van der Waals surface area contributed by atoms with Gasteiger partial charge in [-0.15, -0.1) is 0 Å². The van der Waals surface area contributed by atoms with Crippen LogP contribution < -0.4 is 5.32 Å². The largest absolute Gasteiger partial charge is 0.347 e. The molecule has 2 heterocycles. The normalized spacial score (nSPS) is 13.1. The minimum atomic E-state index is 0.921. The molecule has 0 bridgehead atoms. The molecule has 1 N–H and O–H groups in total. The first-order valence-corrected chi connectivity index (χ1v) is 8.31. The van der Waals surface area contributed by atoms with Gasteiger partial charge in [0.2, 0.25) is 0 Å². The molecule has 0 saturated heterocycles. The zero-order valence-corrected chi connectivity index (χ0v) is 13.5. The van der Waals surface area contributed by atoms with E-state index in [1.54, 1.807) is 0 Å². The molecular weight excluding hydrogens is 294 g/mol. The van der Waals surface area contributed by atoms with Crippen LogP contribution in [0.4, 0.5) is 11.4 Å². The summed E-state index contributed by atoms with van der Waals surface area (Å²) in [6.07, 6.45) is 2.20. The number of fused-ring (bicyclic) bond motifs is 1. The van der Waals surface area contributed by atoms with Crippen molar-refractivity contribution >= 4 is 38.9 Å². The van der Waals surface area contributed by atoms with Gasteiger partial charge in [-0.1, -0.05) is 42.5 Å². The fourth-order valence-corrected chi connectivity index (χ4v) is 3.62. The molecule has 3 heteroatoms. The zero-order valence-electron chi connectivity index (χ0n) is 13.5. The van der Waals surface area contributed by atoms with Gasteiger partial charge < -0.3 is 9.88 Å². The fraction of sp³-hybridized carbons (Fsp3) is 0.0952. The summed E-state index contributed by atoms with van der Waals surface area (Å²) in [5.74, 6) is 0.921. The van der Waals surface area contributed by atoms with Crippen LogP contribution in [0.15, 0.2) is 71.9 Å². The average Bonchev–Trinajstić information content (AvgIpc) is 3.01. The number of rotatable bonds is 2. The Kier molecular flexibility index (Phi) is 2.77. The van der Waals surface area contributed by atoms with Crippen molar-refractivity contribution in [2.45, 2.75) is 13.5 Å². The van der Waals surface area contributed by atoms with Gasteiger partial charge in [0.15, 0.2) is 0 Å². The second-order valence-corrected chi connectivity index (χ2v) is 6.11. The Bertz CT molecular complexity index is 1110. The van der Waals surface area contributed by atoms with E-state index in [0.717, 1.165) is 29.3 Å². The van der Waals surface area contributed by atoms with E-state index in [2.05, 4.69) is 83.7 Å². The molecule has 0 saturated carbocycles. The van der Waals surface area contributed by atoms with Gasteiger partial charge in [-0.25, -0.2) is 4.99 Å². The van der Waals surface area contributed by atoms with Gasteiger partial charge in [0.25, 0.3) is 0 Å². The lowest BCUT2D eigenvalue weighted by Gasteiger charge is -2.18. The van der Waals surface area contributed by atoms with Crippen LogP contribution in [-0.2, 0) is 6.54 Å². The van der Waals surface area contributed by atoms with E-state index < -0.39 is 0 Å². The monoisotopic (exact) mass is 311 g/mol. The number of aromatic nitrogens is 1. The smallest absolute Gasteiger partial charge is 0.140 e. The van der Waals surface area contributed by atoms with Crippen molar-refractivity contribution in [3.63, 3.8) is 0 Å². The molecule has 0 spiro atoms. The quantitative estimate of drug-likeness (QED) is 0.533. The molecule has 24 heavy (non-hydrogen) atoms. The van der Waals surface area contributed by atoms with Crippen molar-refractivity contribution in [1.82, 2.24) is 4.57 Å². The topological polar surface area (TPSA) is 29.3 Å². The summed E-state index contributed by atoms with van der Waals surface area (Å²) in [5.41, 5.74) is 4.56. The molecule has 0 fully saturated rings. The predicted molar refractivity (Wildman–Crippen MR) is 101 cm³/mol. The minimum Gasteiger partial charge on any atom is -0.347 e. The highest BCUT2D eigenvalue weighted by molar-refractivity contribution is 6.22. The molecular formula is C21H17N3. The van der Waals surface area contributed by atoms with E-state index in [9.17, 15) is 0 Å². The molecule has 0 radical (unpaired) electrons. The highest BCUT2D eigenvalue weighted by atomic mass is 15.0. The van der Waals surface area contributed by atoms with Gasteiger partial charge in [-0.3, -0.25) is 0 Å². The average molecular weight is 311 g/mol. The summed E-state index contributed by atoms with van der Waals surface area (Å²) < 4.78 is 2.27. The first-order valence-electron chi connectivity index (χ1n) is 8.31. The lowest BCUT2D eigenvalue weighted by molar-refractivity contribution is 0.797. The number of hydrogen-bond donors (Lipinski definition) is 1. The number of benzene rings is 3. The van der Waals surface area contributed by atoms with Crippen LogP contribution in [0, 0.1) is 0 Å². The van der Waals surface area contributed by atoms with Crippen LogP contribution in [0.1, 0.15) is 12.5 Å². The second-order valence-electron chi connectivity index (χ2n) is 6.11. The molecule has 1 aliphatic heterocycles. The second kappa shape index (κ2) is 4.96. The van der Waals surface area contributed by atoms with Crippen LogP contribution in [0.25, 0.3) is 21.7 Å². The van der Waals surface area contributed by atoms with Crippen molar-refractivity contribution in [3.05, 3.63) is 72.4 Å². The van der Waals surface area contributed by atoms with Crippen LogP contribution in [0.3, 0.4) is 0 Å². The van der Waals surface area contributed by atoms with Crippen LogP contribution in [0.5, 0.6) is 0 Å². The van der Waals surface area contributed by atoms with Crippen molar-refractivity contribution in [1.29, 1.82) is 0 Å². The molecule has 116 valence electrons. The van der Waals surface area contributed by atoms with Crippen LogP contribution >= 0.6 is 0 Å². The summed E-state index contributed by atoms with van der Waals surface area (Å²) in [5, 5.41) is 7.19. The molecule has 3 aromatic carbocycles. The Morgan fingerprint density at radius 3 is 2.67 bits per heavy atom. The Hall–Kier alpha value is -3.07. The van der Waals surface area contributed by atoms with Gasteiger partial charge in [0, 0.05) is 40.3 Å². The molecule has 1 aliphatic rings. The number of nitrogens with one attached hydrogen (secondary N) is 1. The highest BCUT2D eigenvalue weighted by Crippen LogP contribution is 2.37. The Morgan fingerprint density at radius 1 is 0.958 bits per heavy atom. The van der Waals surface area contributed by atoms with Crippen molar-refractivity contribution in [2.75, 3.05) is 5.32 Å². The standard InChI is InChI=1S/C21H17N3/c1-2-24-13-16(15-9-3-4-12-19(15)24)21-22-17-10-5-7-14-8-6-11-18(23-21)20(14)17/h3-13H,2H2,1H3,(H,22,23). The summed E-state index contributed by atoms with van der Waals surface area (Å²) >= 11 is 0. The minimum absolute atomic E-state index is 0.921. The van der Waals surface area contributed by atoms with Gasteiger partial charge in [-0.05, 0) is 30.5 Å². The third-order valence-electron chi connectivity index (χ3n) is 4.75. The van der Waals surface area contributed by atoms with E-state index in [1.807, 2.05) is 0 Å². The third-order valence-corrected chi connectivity index (χ3v) is 4.75. The lowest BCUT2D eigenvalue weighted by Crippen LogP contribution is -2.15. The maximum Gasteiger partial charge on any atom is 0.140 e. The van der Waals surface area contributed by atoms with Crippen LogP contribution in [-0.4, -0.2) is 10.4 Å². The zero-order chi connectivity index (χ0) is 16.1.